The molecule has 0 fully saturated rings. The predicted octanol–water partition coefficient (Wildman–Crippen LogP) is 4.61. The maximum atomic E-state index is 4.64. The molecule has 124 valence electrons. The van der Waals surface area contributed by atoms with Gasteiger partial charge >= 0.3 is 0 Å². The van der Waals surface area contributed by atoms with Crippen molar-refractivity contribution in [3.63, 3.8) is 0 Å². The van der Waals surface area contributed by atoms with Crippen LogP contribution < -0.4 is 4.80 Å². The fourth-order valence-electron chi connectivity index (χ4n) is 2.47. The summed E-state index contributed by atoms with van der Waals surface area (Å²) in [5.41, 5.74) is 3.95. The molecular weight excluding hydrogens is 398 g/mol. The molecule has 0 amide bonds. The topological polar surface area (TPSA) is 58.3 Å². The molecule has 0 atom stereocenters. The van der Waals surface area contributed by atoms with E-state index in [9.17, 15) is 0 Å². The second-order valence-electron chi connectivity index (χ2n) is 5.47. The number of hydrogen-bond donors (Lipinski definition) is 1. The van der Waals surface area contributed by atoms with E-state index >= 15 is 0 Å². The van der Waals surface area contributed by atoms with Gasteiger partial charge in [0.15, 0.2) is 0 Å². The van der Waals surface area contributed by atoms with Crippen LogP contribution in [0, 0.1) is 6.92 Å². The van der Waals surface area contributed by atoms with Crippen molar-refractivity contribution < 1.29 is 0 Å². The van der Waals surface area contributed by atoms with Gasteiger partial charge in [0.2, 0.25) is 4.80 Å². The van der Waals surface area contributed by atoms with Crippen molar-refractivity contribution >= 4 is 50.1 Å². The first-order chi connectivity index (χ1) is 12.2. The summed E-state index contributed by atoms with van der Waals surface area (Å²) in [7, 11) is 0. The van der Waals surface area contributed by atoms with Crippen molar-refractivity contribution in [1.29, 1.82) is 0 Å². The summed E-state index contributed by atoms with van der Waals surface area (Å²) in [6, 6.07) is 9.94. The Kier molecular flexibility index (Phi) is 4.33. The van der Waals surface area contributed by atoms with Crippen LogP contribution in [0.1, 0.15) is 11.3 Å². The zero-order valence-corrected chi connectivity index (χ0v) is 15.8. The molecule has 0 spiro atoms. The van der Waals surface area contributed by atoms with Crippen molar-refractivity contribution in [3.05, 3.63) is 74.8 Å². The van der Waals surface area contributed by atoms with Gasteiger partial charge < -0.3 is 4.98 Å². The number of benzene rings is 1. The normalized spacial score (nSPS) is 12.5. The summed E-state index contributed by atoms with van der Waals surface area (Å²) in [5.74, 6) is 0. The third-order valence-electron chi connectivity index (χ3n) is 3.71. The van der Waals surface area contributed by atoms with Crippen LogP contribution in [-0.2, 0) is 0 Å². The highest BCUT2D eigenvalue weighted by Crippen LogP contribution is 2.21. The fraction of sp³-hybridized carbons (Fsp3) is 0.0556. The van der Waals surface area contributed by atoms with Gasteiger partial charge in [0.1, 0.15) is 0 Å². The summed E-state index contributed by atoms with van der Waals surface area (Å²) in [4.78, 5) is 12.8. The van der Waals surface area contributed by atoms with Gasteiger partial charge in [0.05, 0.1) is 23.8 Å². The second kappa shape index (κ2) is 6.78. The first kappa shape index (κ1) is 16.0. The number of hydrogen-bond acceptors (Lipinski definition) is 4. The highest BCUT2D eigenvalue weighted by Gasteiger charge is 2.04. The zero-order chi connectivity index (χ0) is 17.2. The van der Waals surface area contributed by atoms with Crippen molar-refractivity contribution in [3.8, 4) is 0 Å². The van der Waals surface area contributed by atoms with Crippen LogP contribution in [0.4, 0.5) is 5.69 Å². The maximum absolute atomic E-state index is 4.64. The highest BCUT2D eigenvalue weighted by atomic mass is 79.9. The lowest BCUT2D eigenvalue weighted by atomic mass is 10.2. The number of rotatable bonds is 3. The third-order valence-corrected chi connectivity index (χ3v) is 5.14. The molecule has 0 unspecified atom stereocenters. The monoisotopic (exact) mass is 411 g/mol. The zero-order valence-electron chi connectivity index (χ0n) is 13.3. The summed E-state index contributed by atoms with van der Waals surface area (Å²) < 4.78 is 2.88. The van der Waals surface area contributed by atoms with Gasteiger partial charge in [0.25, 0.3) is 0 Å². The number of H-pyrrole nitrogens is 1. The Hall–Kier alpha value is -2.51. The number of nitrogens with one attached hydrogen (secondary N) is 1. The molecule has 1 aromatic carbocycles. The molecule has 0 bridgehead atoms. The number of aromatic nitrogens is 3. The Morgan fingerprint density at radius 1 is 1.32 bits per heavy atom. The van der Waals surface area contributed by atoms with E-state index in [0.29, 0.717) is 0 Å². The number of pyridine rings is 1. The number of halogens is 1. The minimum Gasteiger partial charge on any atom is -0.361 e. The van der Waals surface area contributed by atoms with Gasteiger partial charge in [-0.15, -0.1) is 11.3 Å². The van der Waals surface area contributed by atoms with Gasteiger partial charge in [0, 0.05) is 38.7 Å². The van der Waals surface area contributed by atoms with Crippen LogP contribution in [0.25, 0.3) is 10.9 Å². The summed E-state index contributed by atoms with van der Waals surface area (Å²) >= 11 is 5.07. The molecule has 3 heterocycles. The predicted molar refractivity (Wildman–Crippen MR) is 105 cm³/mol. The molecular formula is C18H14BrN5S. The quantitative estimate of drug-likeness (QED) is 0.491. The number of aromatic amines is 1. The van der Waals surface area contributed by atoms with Crippen molar-refractivity contribution in [2.24, 2.45) is 10.1 Å². The van der Waals surface area contributed by atoms with E-state index in [1.54, 1.807) is 23.7 Å². The van der Waals surface area contributed by atoms with Gasteiger partial charge in [-0.05, 0) is 37.3 Å². The van der Waals surface area contributed by atoms with E-state index in [-0.39, 0.29) is 0 Å². The molecule has 1 N–H and O–H groups in total. The molecule has 0 aliphatic carbocycles. The number of nitrogens with zero attached hydrogens (tertiary/aromatic N) is 4. The number of fused-ring (bicyclic) bond motifs is 1. The van der Waals surface area contributed by atoms with Crippen molar-refractivity contribution in [1.82, 2.24) is 14.6 Å². The Bertz CT molecular complexity index is 1120. The third kappa shape index (κ3) is 3.33. The van der Waals surface area contributed by atoms with Gasteiger partial charge in [-0.1, -0.05) is 15.9 Å². The average molecular weight is 412 g/mol. The van der Waals surface area contributed by atoms with E-state index in [2.05, 4.69) is 42.1 Å². The molecule has 0 radical (unpaired) electrons. The van der Waals surface area contributed by atoms with E-state index in [1.165, 1.54) is 0 Å². The fourth-order valence-corrected chi connectivity index (χ4v) is 3.66. The Labute approximate surface area is 156 Å². The lowest BCUT2D eigenvalue weighted by Gasteiger charge is -1.98. The Balaban J connectivity index is 1.76. The SMILES string of the molecule is Cc1csc(=Nc2cccnc2)n1N=Cc1c[nH]c2ccc(Br)cc12. The molecule has 4 rings (SSSR count). The first-order valence-corrected chi connectivity index (χ1v) is 9.31. The van der Waals surface area contributed by atoms with Gasteiger partial charge in [-0.3, -0.25) is 4.98 Å². The van der Waals surface area contributed by atoms with E-state index in [4.69, 9.17) is 0 Å². The average Bonchev–Trinajstić information content (AvgIpc) is 3.17. The number of aryl methyl sites for hydroxylation is 1. The first-order valence-electron chi connectivity index (χ1n) is 7.63. The molecule has 5 nitrogen and oxygen atoms in total. The highest BCUT2D eigenvalue weighted by molar-refractivity contribution is 9.10. The molecule has 4 aromatic rings. The number of thiazole rings is 1. The van der Waals surface area contributed by atoms with Crippen LogP contribution in [0.5, 0.6) is 0 Å². The lowest BCUT2D eigenvalue weighted by Crippen LogP contribution is -2.11. The summed E-state index contributed by atoms with van der Waals surface area (Å²) in [5, 5.41) is 7.80. The minimum atomic E-state index is 0.808. The molecule has 25 heavy (non-hydrogen) atoms. The van der Waals surface area contributed by atoms with Crippen LogP contribution in [0.3, 0.4) is 0 Å². The second-order valence-corrected chi connectivity index (χ2v) is 7.23. The molecule has 0 aliphatic heterocycles. The van der Waals surface area contributed by atoms with Gasteiger partial charge in [-0.25, -0.2) is 9.67 Å². The standard InChI is InChI=1S/C18H14BrN5S/c1-12-11-25-18(23-15-3-2-6-20-10-15)24(12)22-9-13-8-21-17-5-4-14(19)7-16(13)17/h2-11,21H,1H3. The van der Waals surface area contributed by atoms with Crippen LogP contribution in [0.2, 0.25) is 0 Å². The molecule has 7 heteroatoms. The molecule has 0 aliphatic rings. The van der Waals surface area contributed by atoms with Crippen LogP contribution in [0.15, 0.2) is 68.9 Å². The van der Waals surface area contributed by atoms with E-state index in [1.807, 2.05) is 53.7 Å². The summed E-state index contributed by atoms with van der Waals surface area (Å²) in [6.45, 7) is 2.02. The Morgan fingerprint density at radius 3 is 3.08 bits per heavy atom. The molecule has 0 saturated carbocycles. The summed E-state index contributed by atoms with van der Waals surface area (Å²) in [6.07, 6.45) is 7.29. The Morgan fingerprint density at radius 2 is 2.24 bits per heavy atom. The van der Waals surface area contributed by atoms with Gasteiger partial charge in [-0.2, -0.15) is 5.10 Å². The smallest absolute Gasteiger partial charge is 0.211 e. The van der Waals surface area contributed by atoms with Crippen molar-refractivity contribution in [2.45, 2.75) is 6.92 Å². The van der Waals surface area contributed by atoms with E-state index in [0.717, 1.165) is 37.1 Å². The molecule has 0 saturated heterocycles. The largest absolute Gasteiger partial charge is 0.361 e. The van der Waals surface area contributed by atoms with E-state index < -0.39 is 0 Å². The maximum Gasteiger partial charge on any atom is 0.211 e. The van der Waals surface area contributed by atoms with Crippen LogP contribution >= 0.6 is 27.3 Å². The minimum absolute atomic E-state index is 0.808. The van der Waals surface area contributed by atoms with Crippen LogP contribution in [-0.4, -0.2) is 20.9 Å². The lowest BCUT2D eigenvalue weighted by molar-refractivity contribution is 0.809. The van der Waals surface area contributed by atoms with Crippen molar-refractivity contribution in [2.75, 3.05) is 0 Å². The molecule has 3 aromatic heterocycles.